The zero-order valence-corrected chi connectivity index (χ0v) is 6.60. The summed E-state index contributed by atoms with van der Waals surface area (Å²) in [4.78, 5) is 10.4. The summed E-state index contributed by atoms with van der Waals surface area (Å²) < 4.78 is 0. The molecule has 0 saturated heterocycles. The Morgan fingerprint density at radius 1 is 1.42 bits per heavy atom. The van der Waals surface area contributed by atoms with Gasteiger partial charge in [0.1, 0.15) is 6.04 Å². The molecular formula is C9H11NO2. The predicted molar refractivity (Wildman–Crippen MR) is 45.8 cm³/mol. The molecule has 3 nitrogen and oxygen atoms in total. The van der Waals surface area contributed by atoms with Crippen LogP contribution in [0.25, 0.3) is 0 Å². The number of aliphatic carboxylic acids is 1. The number of hydrogen-bond donors (Lipinski definition) is 2. The number of carbonyl (C=O) groups is 1. The Bertz CT molecular complexity index is 258. The summed E-state index contributed by atoms with van der Waals surface area (Å²) in [6, 6.07) is 8.54. The first-order valence-electron chi connectivity index (χ1n) is 3.72. The second-order valence-electron chi connectivity index (χ2n) is 2.63. The molecule has 0 spiro atoms. The molecule has 12 heavy (non-hydrogen) atoms. The van der Waals surface area contributed by atoms with Crippen LogP contribution in [0, 0.1) is 0 Å². The highest BCUT2D eigenvalue weighted by Crippen LogP contribution is 2.01. The maximum atomic E-state index is 10.4. The Hall–Kier alpha value is -1.35. The van der Waals surface area contributed by atoms with Gasteiger partial charge >= 0.3 is 5.97 Å². The third kappa shape index (κ3) is 2.36. The SMILES string of the molecule is N[13C@@H]([13CH2][13c]1ccc[13cH][13cH]1)[13C](=O)O. The van der Waals surface area contributed by atoms with Gasteiger partial charge in [-0.05, 0) is 12.0 Å². The molecule has 0 aromatic heterocycles. The van der Waals surface area contributed by atoms with Crippen LogP contribution in [0.15, 0.2) is 30.3 Å². The number of benzene rings is 1. The summed E-state index contributed by atoms with van der Waals surface area (Å²) in [7, 11) is 0. The summed E-state index contributed by atoms with van der Waals surface area (Å²) >= 11 is 0. The van der Waals surface area contributed by atoms with Gasteiger partial charge in [0.2, 0.25) is 0 Å². The molecule has 1 aromatic carbocycles. The fourth-order valence-electron chi connectivity index (χ4n) is 0.955. The number of rotatable bonds is 3. The molecule has 1 atom stereocenters. The first-order valence-corrected chi connectivity index (χ1v) is 3.72. The third-order valence-corrected chi connectivity index (χ3v) is 1.62. The van der Waals surface area contributed by atoms with Crippen LogP contribution in [0.1, 0.15) is 5.56 Å². The molecule has 3 heteroatoms. The van der Waals surface area contributed by atoms with Crippen LogP contribution in [0.4, 0.5) is 0 Å². The second kappa shape index (κ2) is 3.88. The Morgan fingerprint density at radius 3 is 2.50 bits per heavy atom. The fraction of sp³-hybridized carbons (Fsp3) is 0.222. The molecule has 0 aliphatic carbocycles. The standard InChI is InChI=1S/C9H11NO2/c10-8(9(11)12)6-7-4-2-1-3-5-7/h1-5,8H,6,10H2,(H,11,12)/t8-/m0/s1/i2+1,4+1,6+1,7+1,8+1,9+1. The van der Waals surface area contributed by atoms with E-state index in [2.05, 4.69) is 0 Å². The molecule has 0 amide bonds. The maximum absolute atomic E-state index is 10.4. The van der Waals surface area contributed by atoms with Gasteiger partial charge in [0, 0.05) is 0 Å². The summed E-state index contributed by atoms with van der Waals surface area (Å²) in [5, 5.41) is 8.52. The molecule has 3 N–H and O–H groups in total. The second-order valence-corrected chi connectivity index (χ2v) is 2.63. The molecule has 64 valence electrons. The highest BCUT2D eigenvalue weighted by molar-refractivity contribution is 5.73. The van der Waals surface area contributed by atoms with Crippen molar-refractivity contribution >= 4 is 5.97 Å². The summed E-state index contributed by atoms with van der Waals surface area (Å²) in [5.74, 6) is -0.959. The Labute approximate surface area is 70.8 Å². The first kappa shape index (κ1) is 8.74. The molecule has 0 bridgehead atoms. The topological polar surface area (TPSA) is 63.3 Å². The molecule has 0 saturated carbocycles. The Morgan fingerprint density at radius 2 is 2.00 bits per heavy atom. The molecule has 0 unspecified atom stereocenters. The number of nitrogens with two attached hydrogens (primary N) is 1. The van der Waals surface area contributed by atoms with Crippen molar-refractivity contribution in [2.24, 2.45) is 5.73 Å². The van der Waals surface area contributed by atoms with E-state index in [1.54, 1.807) is 0 Å². The molecule has 0 radical (unpaired) electrons. The van der Waals surface area contributed by atoms with Crippen molar-refractivity contribution in [3.8, 4) is 0 Å². The van der Waals surface area contributed by atoms with Crippen LogP contribution in [0.2, 0.25) is 0 Å². The van der Waals surface area contributed by atoms with Crippen LogP contribution < -0.4 is 5.73 Å². The van der Waals surface area contributed by atoms with Gasteiger partial charge < -0.3 is 10.8 Å². The average molecular weight is 171 g/mol. The normalized spacial score (nSPS) is 12.4. The molecule has 0 aliphatic rings. The predicted octanol–water partition coefficient (Wildman–Crippen LogP) is 0.641. The minimum absolute atomic E-state index is 0.385. The van der Waals surface area contributed by atoms with Gasteiger partial charge in [0.05, 0.1) is 0 Å². The van der Waals surface area contributed by atoms with Crippen LogP contribution in [0.5, 0.6) is 0 Å². The van der Waals surface area contributed by atoms with Gasteiger partial charge in [-0.15, -0.1) is 0 Å². The average Bonchev–Trinajstić information content (AvgIpc) is 2.06. The monoisotopic (exact) mass is 171 g/mol. The van der Waals surface area contributed by atoms with Crippen LogP contribution >= 0.6 is 0 Å². The lowest BCUT2D eigenvalue weighted by Gasteiger charge is -2.04. The Kier molecular flexibility index (Phi) is 2.82. The van der Waals surface area contributed by atoms with Gasteiger partial charge in [-0.2, -0.15) is 0 Å². The number of hydrogen-bond acceptors (Lipinski definition) is 2. The lowest BCUT2D eigenvalue weighted by Crippen LogP contribution is -2.32. The summed E-state index contributed by atoms with van der Waals surface area (Å²) in [6.07, 6.45) is 0.385. The first-order chi connectivity index (χ1) is 5.70. The van der Waals surface area contributed by atoms with E-state index in [-0.39, 0.29) is 0 Å². The van der Waals surface area contributed by atoms with Crippen molar-refractivity contribution in [1.82, 2.24) is 0 Å². The van der Waals surface area contributed by atoms with E-state index in [4.69, 9.17) is 10.8 Å². The molecule has 0 aliphatic heterocycles. The highest BCUT2D eigenvalue weighted by Gasteiger charge is 2.10. The maximum Gasteiger partial charge on any atom is 0.320 e. The van der Waals surface area contributed by atoms with E-state index < -0.39 is 12.0 Å². The minimum Gasteiger partial charge on any atom is -0.480 e. The summed E-state index contributed by atoms with van der Waals surface area (Å²) in [6.45, 7) is 0. The van der Waals surface area contributed by atoms with E-state index >= 15 is 0 Å². The largest absolute Gasteiger partial charge is 0.480 e. The van der Waals surface area contributed by atoms with E-state index in [0.717, 1.165) is 5.56 Å². The van der Waals surface area contributed by atoms with Crippen LogP contribution in [0.3, 0.4) is 0 Å². The lowest BCUT2D eigenvalue weighted by molar-refractivity contribution is -0.138. The Balaban J connectivity index is 2.58. The van der Waals surface area contributed by atoms with Crippen molar-refractivity contribution in [2.45, 2.75) is 12.5 Å². The van der Waals surface area contributed by atoms with Crippen molar-refractivity contribution in [2.75, 3.05) is 0 Å². The van der Waals surface area contributed by atoms with Gasteiger partial charge in [0.25, 0.3) is 0 Å². The third-order valence-electron chi connectivity index (χ3n) is 1.62. The van der Waals surface area contributed by atoms with E-state index in [1.165, 1.54) is 0 Å². The number of carboxylic acids is 1. The van der Waals surface area contributed by atoms with Crippen LogP contribution in [-0.2, 0) is 11.2 Å². The smallest absolute Gasteiger partial charge is 0.320 e. The van der Waals surface area contributed by atoms with Gasteiger partial charge in [-0.3, -0.25) is 4.79 Å². The van der Waals surface area contributed by atoms with Crippen molar-refractivity contribution < 1.29 is 9.90 Å². The van der Waals surface area contributed by atoms with Gasteiger partial charge in [0.15, 0.2) is 0 Å². The highest BCUT2D eigenvalue weighted by atomic mass is 16.5. The van der Waals surface area contributed by atoms with Crippen molar-refractivity contribution in [3.63, 3.8) is 0 Å². The molecule has 1 rings (SSSR count). The van der Waals surface area contributed by atoms with E-state index in [0.29, 0.717) is 6.42 Å². The molecule has 0 heterocycles. The van der Waals surface area contributed by atoms with Gasteiger partial charge in [-0.1, -0.05) is 30.3 Å². The quantitative estimate of drug-likeness (QED) is 0.656. The summed E-state index contributed by atoms with van der Waals surface area (Å²) in [5.41, 5.74) is 6.30. The van der Waals surface area contributed by atoms with Crippen molar-refractivity contribution in [3.05, 3.63) is 35.9 Å². The molecular weight excluding hydrogens is 160 g/mol. The van der Waals surface area contributed by atoms with E-state index in [9.17, 15) is 4.79 Å². The number of carboxylic acid groups (broad SMARTS) is 1. The van der Waals surface area contributed by atoms with Gasteiger partial charge in [-0.25, -0.2) is 0 Å². The fourth-order valence-corrected chi connectivity index (χ4v) is 0.955. The van der Waals surface area contributed by atoms with E-state index in [1.807, 2.05) is 30.3 Å². The minimum atomic E-state index is -0.959. The molecule has 0 fully saturated rings. The lowest BCUT2D eigenvalue weighted by atomic mass is 10.6. The zero-order chi connectivity index (χ0) is 8.97. The van der Waals surface area contributed by atoms with Crippen molar-refractivity contribution in [1.29, 1.82) is 0 Å². The van der Waals surface area contributed by atoms with Crippen LogP contribution in [-0.4, -0.2) is 17.1 Å². The molecule has 1 aromatic rings. The zero-order valence-electron chi connectivity index (χ0n) is 6.60.